The van der Waals surface area contributed by atoms with Crippen LogP contribution in [0.5, 0.6) is 0 Å². The summed E-state index contributed by atoms with van der Waals surface area (Å²) in [5.74, 6) is 0.219. The van der Waals surface area contributed by atoms with Gasteiger partial charge in [0.25, 0.3) is 5.91 Å². The summed E-state index contributed by atoms with van der Waals surface area (Å²) in [6, 6.07) is 10.0. The summed E-state index contributed by atoms with van der Waals surface area (Å²) in [6.07, 6.45) is 3.91. The number of oxazole rings is 1. The highest BCUT2D eigenvalue weighted by Gasteiger charge is 2.35. The first-order valence-electron chi connectivity index (χ1n) is 8.05. The molecule has 2 aromatic heterocycles. The summed E-state index contributed by atoms with van der Waals surface area (Å²) in [7, 11) is 0. The number of rotatable bonds is 3. The van der Waals surface area contributed by atoms with E-state index in [1.54, 1.807) is 11.8 Å². The Kier molecular flexibility index (Phi) is 3.68. The maximum atomic E-state index is 12.9. The minimum atomic E-state index is -0.202. The number of nitrogens with zero attached hydrogens (tertiary/aromatic N) is 4. The number of nitrogen functional groups attached to an aromatic ring is 1. The molecule has 25 heavy (non-hydrogen) atoms. The van der Waals surface area contributed by atoms with Crippen LogP contribution in [-0.2, 0) is 0 Å². The van der Waals surface area contributed by atoms with E-state index in [9.17, 15) is 4.79 Å². The fourth-order valence-corrected chi connectivity index (χ4v) is 3.02. The molecule has 1 saturated heterocycles. The van der Waals surface area contributed by atoms with Crippen molar-refractivity contribution >= 4 is 11.7 Å². The van der Waals surface area contributed by atoms with Gasteiger partial charge in [-0.05, 0) is 18.9 Å². The lowest BCUT2D eigenvalue weighted by atomic mass is 9.94. The quantitative estimate of drug-likeness (QED) is 0.790. The summed E-state index contributed by atoms with van der Waals surface area (Å²) < 4.78 is 5.25. The summed E-state index contributed by atoms with van der Waals surface area (Å²) in [5.41, 5.74) is 8.29. The van der Waals surface area contributed by atoms with E-state index < -0.39 is 0 Å². The van der Waals surface area contributed by atoms with Crippen molar-refractivity contribution in [2.45, 2.75) is 19.4 Å². The SMILES string of the molecule is Cc1nc(C(=O)N2CCC2c2ccccc2)c(N)nc1-c1ncco1. The molecule has 1 aliphatic rings. The molecule has 0 bridgehead atoms. The van der Waals surface area contributed by atoms with Gasteiger partial charge in [0.2, 0.25) is 5.89 Å². The molecule has 1 aromatic carbocycles. The average molecular weight is 335 g/mol. The molecule has 1 unspecified atom stereocenters. The van der Waals surface area contributed by atoms with Crippen LogP contribution in [-0.4, -0.2) is 32.3 Å². The molecular weight excluding hydrogens is 318 g/mol. The van der Waals surface area contributed by atoms with Crippen molar-refractivity contribution < 1.29 is 9.21 Å². The first kappa shape index (κ1) is 15.3. The lowest BCUT2D eigenvalue weighted by molar-refractivity contribution is 0.0455. The minimum Gasteiger partial charge on any atom is -0.443 e. The van der Waals surface area contributed by atoms with Crippen LogP contribution < -0.4 is 5.73 Å². The first-order valence-corrected chi connectivity index (χ1v) is 8.05. The van der Waals surface area contributed by atoms with Crippen molar-refractivity contribution in [3.05, 3.63) is 59.7 Å². The third-order valence-electron chi connectivity index (χ3n) is 4.40. The number of amides is 1. The molecule has 0 radical (unpaired) electrons. The van der Waals surface area contributed by atoms with E-state index in [2.05, 4.69) is 15.0 Å². The molecule has 0 saturated carbocycles. The monoisotopic (exact) mass is 335 g/mol. The van der Waals surface area contributed by atoms with Gasteiger partial charge < -0.3 is 15.1 Å². The first-order chi connectivity index (χ1) is 12.1. The number of hydrogen-bond acceptors (Lipinski definition) is 6. The van der Waals surface area contributed by atoms with E-state index in [-0.39, 0.29) is 23.5 Å². The van der Waals surface area contributed by atoms with Gasteiger partial charge in [0.1, 0.15) is 12.0 Å². The van der Waals surface area contributed by atoms with Crippen LogP contribution in [0.2, 0.25) is 0 Å². The molecule has 4 rings (SSSR count). The Morgan fingerprint density at radius 3 is 2.72 bits per heavy atom. The maximum Gasteiger partial charge on any atom is 0.276 e. The fourth-order valence-electron chi connectivity index (χ4n) is 3.02. The highest BCUT2D eigenvalue weighted by Crippen LogP contribution is 2.35. The molecular formula is C18H17N5O2. The number of hydrogen-bond donors (Lipinski definition) is 1. The van der Waals surface area contributed by atoms with Gasteiger partial charge in [-0.15, -0.1) is 0 Å². The third-order valence-corrected chi connectivity index (χ3v) is 4.40. The van der Waals surface area contributed by atoms with Gasteiger partial charge in [0.05, 0.1) is 17.9 Å². The summed E-state index contributed by atoms with van der Waals surface area (Å²) in [6.45, 7) is 2.44. The molecule has 3 heterocycles. The predicted molar refractivity (Wildman–Crippen MR) is 91.5 cm³/mol. The predicted octanol–water partition coefficient (Wildman–Crippen LogP) is 2.61. The number of nitrogens with two attached hydrogens (primary N) is 1. The molecule has 126 valence electrons. The highest BCUT2D eigenvalue weighted by molar-refractivity contribution is 5.97. The van der Waals surface area contributed by atoms with Gasteiger partial charge in [-0.3, -0.25) is 4.79 Å². The van der Waals surface area contributed by atoms with E-state index in [1.165, 1.54) is 12.5 Å². The van der Waals surface area contributed by atoms with Crippen molar-refractivity contribution in [3.63, 3.8) is 0 Å². The molecule has 7 heteroatoms. The lowest BCUT2D eigenvalue weighted by Gasteiger charge is -2.41. The molecule has 1 amide bonds. The number of carbonyl (C=O) groups excluding carboxylic acids is 1. The zero-order valence-corrected chi connectivity index (χ0v) is 13.7. The van der Waals surface area contributed by atoms with Gasteiger partial charge in [0.15, 0.2) is 11.5 Å². The second kappa shape index (κ2) is 6.01. The van der Waals surface area contributed by atoms with Crippen LogP contribution in [0, 0.1) is 6.92 Å². The molecule has 0 spiro atoms. The Balaban J connectivity index is 1.64. The molecule has 7 nitrogen and oxygen atoms in total. The largest absolute Gasteiger partial charge is 0.443 e. The van der Waals surface area contributed by atoms with Crippen molar-refractivity contribution in [2.75, 3.05) is 12.3 Å². The fraction of sp³-hybridized carbons (Fsp3) is 0.222. The van der Waals surface area contributed by atoms with Crippen molar-refractivity contribution in [1.82, 2.24) is 19.9 Å². The van der Waals surface area contributed by atoms with Crippen molar-refractivity contribution in [3.8, 4) is 11.6 Å². The van der Waals surface area contributed by atoms with Gasteiger partial charge in [0, 0.05) is 6.54 Å². The van der Waals surface area contributed by atoms with Crippen LogP contribution in [0.4, 0.5) is 5.82 Å². The van der Waals surface area contributed by atoms with Crippen molar-refractivity contribution in [1.29, 1.82) is 0 Å². The third kappa shape index (κ3) is 2.63. The highest BCUT2D eigenvalue weighted by atomic mass is 16.3. The molecule has 0 aliphatic carbocycles. The second-order valence-corrected chi connectivity index (χ2v) is 5.94. The average Bonchev–Trinajstić information content (AvgIpc) is 3.11. The normalized spacial score (nSPS) is 16.5. The lowest BCUT2D eigenvalue weighted by Crippen LogP contribution is -2.45. The van der Waals surface area contributed by atoms with E-state index in [4.69, 9.17) is 10.2 Å². The number of anilines is 1. The van der Waals surface area contributed by atoms with Crippen LogP contribution in [0.1, 0.15) is 34.2 Å². The Morgan fingerprint density at radius 1 is 1.28 bits per heavy atom. The standard InChI is InChI=1S/C18H17N5O2/c1-11-14(17-20-8-10-25-17)22-16(19)15(21-11)18(24)23-9-7-13(23)12-5-3-2-4-6-12/h2-6,8,10,13H,7,9H2,1H3,(H2,19,22). The van der Waals surface area contributed by atoms with Crippen LogP contribution >= 0.6 is 0 Å². The number of likely N-dealkylation sites (tertiary alicyclic amines) is 1. The Bertz CT molecular complexity index is 909. The Morgan fingerprint density at radius 2 is 2.08 bits per heavy atom. The number of carbonyl (C=O) groups is 1. The Hall–Kier alpha value is -3.22. The van der Waals surface area contributed by atoms with E-state index in [0.717, 1.165) is 12.0 Å². The van der Waals surface area contributed by atoms with Gasteiger partial charge in [-0.1, -0.05) is 30.3 Å². The smallest absolute Gasteiger partial charge is 0.276 e. The number of aryl methyl sites for hydroxylation is 1. The minimum absolute atomic E-state index is 0.0571. The maximum absolute atomic E-state index is 12.9. The van der Waals surface area contributed by atoms with Crippen LogP contribution in [0.3, 0.4) is 0 Å². The number of aromatic nitrogens is 3. The van der Waals surface area contributed by atoms with Gasteiger partial charge in [-0.2, -0.15) is 0 Å². The van der Waals surface area contributed by atoms with Gasteiger partial charge >= 0.3 is 0 Å². The number of benzene rings is 1. The van der Waals surface area contributed by atoms with E-state index in [0.29, 0.717) is 23.8 Å². The topological polar surface area (TPSA) is 98.1 Å². The van der Waals surface area contributed by atoms with Gasteiger partial charge in [-0.25, -0.2) is 15.0 Å². The van der Waals surface area contributed by atoms with Crippen molar-refractivity contribution in [2.24, 2.45) is 0 Å². The van der Waals surface area contributed by atoms with E-state index in [1.807, 2.05) is 30.3 Å². The summed E-state index contributed by atoms with van der Waals surface area (Å²) in [5, 5.41) is 0. The zero-order chi connectivity index (χ0) is 17.4. The second-order valence-electron chi connectivity index (χ2n) is 5.94. The molecule has 1 fully saturated rings. The molecule has 2 N–H and O–H groups in total. The summed E-state index contributed by atoms with van der Waals surface area (Å²) in [4.78, 5) is 27.4. The van der Waals surface area contributed by atoms with E-state index >= 15 is 0 Å². The molecule has 3 aromatic rings. The van der Waals surface area contributed by atoms with Crippen LogP contribution in [0.25, 0.3) is 11.6 Å². The van der Waals surface area contributed by atoms with Crippen LogP contribution in [0.15, 0.2) is 47.2 Å². The molecule has 1 atom stereocenters. The zero-order valence-electron chi connectivity index (χ0n) is 13.7. The summed E-state index contributed by atoms with van der Waals surface area (Å²) >= 11 is 0. The molecule has 1 aliphatic heterocycles. The Labute approximate surface area is 144 Å².